The van der Waals surface area contributed by atoms with Gasteiger partial charge in [0.25, 0.3) is 5.91 Å². The molecule has 8 heteroatoms. The van der Waals surface area contributed by atoms with Crippen molar-refractivity contribution < 1.29 is 9.90 Å². The van der Waals surface area contributed by atoms with Crippen LogP contribution in [0.4, 0.5) is 0 Å². The Labute approximate surface area is 159 Å². The molecule has 0 radical (unpaired) electrons. The number of hydrazone groups is 1. The number of nitrogens with one attached hydrogen (secondary N) is 1. The van der Waals surface area contributed by atoms with Gasteiger partial charge < -0.3 is 5.11 Å². The van der Waals surface area contributed by atoms with Gasteiger partial charge in [0.2, 0.25) is 0 Å². The van der Waals surface area contributed by atoms with Crippen LogP contribution < -0.4 is 5.43 Å². The van der Waals surface area contributed by atoms with E-state index in [1.807, 2.05) is 18.3 Å². The summed E-state index contributed by atoms with van der Waals surface area (Å²) >= 11 is 11.7. The van der Waals surface area contributed by atoms with Crippen molar-refractivity contribution in [2.75, 3.05) is 0 Å². The van der Waals surface area contributed by atoms with E-state index in [0.29, 0.717) is 22.7 Å². The molecule has 0 aliphatic rings. The van der Waals surface area contributed by atoms with Crippen molar-refractivity contribution >= 4 is 35.3 Å². The van der Waals surface area contributed by atoms with Gasteiger partial charge in [0.15, 0.2) is 0 Å². The summed E-state index contributed by atoms with van der Waals surface area (Å²) in [4.78, 5) is 12.2. The third-order valence-corrected chi connectivity index (χ3v) is 4.03. The van der Waals surface area contributed by atoms with Gasteiger partial charge in [-0.05, 0) is 35.9 Å². The standard InChI is InChI=1S/C18H14Cl2N4O2/c19-15-8-14(17(25)16(20)9-15)10-21-23-18(26)13-4-1-3-12(7-13)11-24-6-2-5-22-24/h1-10,25H,11H2,(H,23,26)/b21-10+. The number of halogens is 2. The van der Waals surface area contributed by atoms with Crippen LogP contribution in [0.1, 0.15) is 21.5 Å². The first kappa shape index (κ1) is 18.0. The molecule has 3 aromatic rings. The minimum Gasteiger partial charge on any atom is -0.506 e. The Bertz CT molecular complexity index is 956. The smallest absolute Gasteiger partial charge is 0.271 e. The van der Waals surface area contributed by atoms with Gasteiger partial charge in [-0.1, -0.05) is 35.3 Å². The number of carbonyl (C=O) groups is 1. The molecule has 0 aliphatic heterocycles. The van der Waals surface area contributed by atoms with E-state index in [-0.39, 0.29) is 16.7 Å². The Morgan fingerprint density at radius 2 is 2.12 bits per heavy atom. The maximum absolute atomic E-state index is 12.2. The van der Waals surface area contributed by atoms with Crippen molar-refractivity contribution in [2.45, 2.75) is 6.54 Å². The van der Waals surface area contributed by atoms with Crippen LogP contribution in [0.2, 0.25) is 10.0 Å². The van der Waals surface area contributed by atoms with Crippen LogP contribution in [0.3, 0.4) is 0 Å². The van der Waals surface area contributed by atoms with E-state index in [9.17, 15) is 9.90 Å². The number of aromatic hydroxyl groups is 1. The Morgan fingerprint density at radius 3 is 2.88 bits per heavy atom. The molecule has 0 saturated heterocycles. The molecule has 132 valence electrons. The monoisotopic (exact) mass is 388 g/mol. The van der Waals surface area contributed by atoms with Crippen LogP contribution in [-0.4, -0.2) is 27.0 Å². The van der Waals surface area contributed by atoms with Gasteiger partial charge in [-0.15, -0.1) is 0 Å². The second-order valence-corrected chi connectivity index (χ2v) is 6.27. The van der Waals surface area contributed by atoms with Crippen LogP contribution in [0.5, 0.6) is 5.75 Å². The number of rotatable bonds is 5. The highest BCUT2D eigenvalue weighted by Crippen LogP contribution is 2.29. The molecule has 1 aromatic heterocycles. The molecule has 0 saturated carbocycles. The molecular formula is C18H14Cl2N4O2. The normalized spacial score (nSPS) is 11.0. The van der Waals surface area contributed by atoms with E-state index in [4.69, 9.17) is 23.2 Å². The minimum absolute atomic E-state index is 0.108. The molecule has 0 spiro atoms. The lowest BCUT2D eigenvalue weighted by Gasteiger charge is -2.05. The summed E-state index contributed by atoms with van der Waals surface area (Å²) in [6.07, 6.45) is 4.82. The zero-order valence-corrected chi connectivity index (χ0v) is 14.9. The number of phenolic OH excluding ortho intramolecular Hbond substituents is 1. The summed E-state index contributed by atoms with van der Waals surface area (Å²) in [6.45, 7) is 0.562. The average molecular weight is 389 g/mol. The number of benzene rings is 2. The zero-order chi connectivity index (χ0) is 18.5. The van der Waals surface area contributed by atoms with E-state index >= 15 is 0 Å². The van der Waals surface area contributed by atoms with Crippen molar-refractivity contribution in [2.24, 2.45) is 5.10 Å². The first-order valence-corrected chi connectivity index (χ1v) is 8.36. The van der Waals surface area contributed by atoms with Crippen LogP contribution in [0.15, 0.2) is 60.0 Å². The summed E-state index contributed by atoms with van der Waals surface area (Å²) in [7, 11) is 0. The topological polar surface area (TPSA) is 79.5 Å². The van der Waals surface area contributed by atoms with Gasteiger partial charge in [0.05, 0.1) is 17.8 Å². The van der Waals surface area contributed by atoms with Gasteiger partial charge in [-0.3, -0.25) is 9.48 Å². The number of carbonyl (C=O) groups excluding carboxylic acids is 1. The van der Waals surface area contributed by atoms with E-state index in [0.717, 1.165) is 5.56 Å². The third kappa shape index (κ3) is 4.41. The number of nitrogens with zero attached hydrogens (tertiary/aromatic N) is 3. The highest BCUT2D eigenvalue weighted by Gasteiger charge is 2.08. The molecule has 1 heterocycles. The van der Waals surface area contributed by atoms with E-state index in [2.05, 4.69) is 15.6 Å². The first-order valence-electron chi connectivity index (χ1n) is 7.61. The third-order valence-electron chi connectivity index (χ3n) is 3.52. The largest absolute Gasteiger partial charge is 0.506 e. The van der Waals surface area contributed by atoms with Crippen LogP contribution in [-0.2, 0) is 6.54 Å². The molecule has 0 unspecified atom stereocenters. The van der Waals surface area contributed by atoms with Crippen LogP contribution in [0, 0.1) is 0 Å². The van der Waals surface area contributed by atoms with E-state index < -0.39 is 0 Å². The number of aromatic nitrogens is 2. The minimum atomic E-state index is -0.379. The van der Waals surface area contributed by atoms with Gasteiger partial charge in [0, 0.05) is 28.5 Å². The fourth-order valence-corrected chi connectivity index (χ4v) is 2.81. The lowest BCUT2D eigenvalue weighted by atomic mass is 10.1. The number of hydrogen-bond donors (Lipinski definition) is 2. The number of amides is 1. The number of phenols is 1. The fourth-order valence-electron chi connectivity index (χ4n) is 2.30. The Kier molecular flexibility index (Phi) is 5.55. The molecule has 0 aliphatic carbocycles. The van der Waals surface area contributed by atoms with Gasteiger partial charge in [-0.25, -0.2) is 5.43 Å². The fraction of sp³-hybridized carbons (Fsp3) is 0.0556. The van der Waals surface area contributed by atoms with Crippen molar-refractivity contribution in [3.8, 4) is 5.75 Å². The van der Waals surface area contributed by atoms with Gasteiger partial charge in [0.1, 0.15) is 5.75 Å². The second kappa shape index (κ2) is 8.03. The molecule has 0 fully saturated rings. The van der Waals surface area contributed by atoms with Crippen LogP contribution >= 0.6 is 23.2 Å². The highest BCUT2D eigenvalue weighted by molar-refractivity contribution is 6.36. The molecule has 2 aromatic carbocycles. The predicted molar refractivity (Wildman–Crippen MR) is 101 cm³/mol. The highest BCUT2D eigenvalue weighted by atomic mass is 35.5. The summed E-state index contributed by atoms with van der Waals surface area (Å²) < 4.78 is 1.76. The number of hydrogen-bond acceptors (Lipinski definition) is 4. The molecule has 3 rings (SSSR count). The summed E-state index contributed by atoms with van der Waals surface area (Å²) in [5.74, 6) is -0.536. The summed E-state index contributed by atoms with van der Waals surface area (Å²) in [5, 5.41) is 18.3. The average Bonchev–Trinajstić information content (AvgIpc) is 3.12. The quantitative estimate of drug-likeness (QED) is 0.516. The summed E-state index contributed by atoms with van der Waals surface area (Å²) in [5.41, 5.74) is 4.10. The molecular weight excluding hydrogens is 375 g/mol. The van der Waals surface area contributed by atoms with Gasteiger partial charge in [-0.2, -0.15) is 10.2 Å². The second-order valence-electron chi connectivity index (χ2n) is 5.43. The lowest BCUT2D eigenvalue weighted by molar-refractivity contribution is 0.0955. The first-order chi connectivity index (χ1) is 12.5. The summed E-state index contributed by atoms with van der Waals surface area (Å²) in [6, 6.07) is 11.9. The zero-order valence-electron chi connectivity index (χ0n) is 13.4. The van der Waals surface area contributed by atoms with Crippen LogP contribution in [0.25, 0.3) is 0 Å². The van der Waals surface area contributed by atoms with E-state index in [1.54, 1.807) is 29.1 Å². The Morgan fingerprint density at radius 1 is 1.27 bits per heavy atom. The van der Waals surface area contributed by atoms with Crippen molar-refractivity contribution in [1.29, 1.82) is 0 Å². The molecule has 2 N–H and O–H groups in total. The van der Waals surface area contributed by atoms with Crippen molar-refractivity contribution in [3.63, 3.8) is 0 Å². The molecule has 0 bridgehead atoms. The maximum atomic E-state index is 12.2. The Hall–Kier alpha value is -2.83. The Balaban J connectivity index is 1.69. The van der Waals surface area contributed by atoms with Gasteiger partial charge >= 0.3 is 0 Å². The van der Waals surface area contributed by atoms with Crippen molar-refractivity contribution in [3.05, 3.63) is 81.6 Å². The molecule has 6 nitrogen and oxygen atoms in total. The molecule has 26 heavy (non-hydrogen) atoms. The molecule has 1 amide bonds. The van der Waals surface area contributed by atoms with Crippen molar-refractivity contribution in [1.82, 2.24) is 15.2 Å². The lowest BCUT2D eigenvalue weighted by Crippen LogP contribution is -2.18. The SMILES string of the molecule is O=C(N/N=C/c1cc(Cl)cc(Cl)c1O)c1cccc(Cn2cccn2)c1. The molecule has 0 atom stereocenters. The predicted octanol–water partition coefficient (Wildman–Crippen LogP) is 3.71. The van der Waals surface area contributed by atoms with E-state index in [1.165, 1.54) is 18.3 Å². The maximum Gasteiger partial charge on any atom is 0.271 e.